The molecule has 22 N–H and O–H groups in total. The number of nitrogens with one attached hydrogen (secondary N) is 10. The summed E-state index contributed by atoms with van der Waals surface area (Å²) in [6.07, 6.45) is -15.1. The van der Waals surface area contributed by atoms with Crippen LogP contribution < -0.4 is 70.4 Å². The summed E-state index contributed by atoms with van der Waals surface area (Å²) in [7, 11) is 0. The fourth-order valence-corrected chi connectivity index (χ4v) is 7.36. The number of carbonyl (C=O) groups is 12. The van der Waals surface area contributed by atoms with E-state index in [0.29, 0.717) is 0 Å². The molecule has 0 bridgehead atoms. The Kier molecular flexibility index (Phi) is 29.6. The van der Waals surface area contributed by atoms with Crippen LogP contribution in [-0.2, 0) is 76.5 Å². The number of aliphatic hydroxyl groups is 5. The Morgan fingerprint density at radius 1 is 0.608 bits per heavy atom. The van der Waals surface area contributed by atoms with Gasteiger partial charge < -0.3 is 120 Å². The molecule has 2 aliphatic rings. The van der Waals surface area contributed by atoms with Crippen molar-refractivity contribution in [3.63, 3.8) is 0 Å². The lowest BCUT2D eigenvalue weighted by Gasteiger charge is -2.48. The second-order valence-electron chi connectivity index (χ2n) is 18.2. The van der Waals surface area contributed by atoms with E-state index in [1.807, 2.05) is 0 Å². The van der Waals surface area contributed by atoms with Gasteiger partial charge in [-0.1, -0.05) is 0 Å². The van der Waals surface area contributed by atoms with Crippen LogP contribution in [0.15, 0.2) is 0 Å². The van der Waals surface area contributed by atoms with Gasteiger partial charge in [-0.15, -0.1) is 0 Å². The molecule has 2 saturated heterocycles. The van der Waals surface area contributed by atoms with E-state index in [9.17, 15) is 88.2 Å². The smallest absolute Gasteiger partial charge is 0.325 e. The number of carboxylic acid groups (broad SMARTS) is 1. The van der Waals surface area contributed by atoms with Crippen LogP contribution in [0.4, 0.5) is 0 Å². The van der Waals surface area contributed by atoms with Gasteiger partial charge in [-0.05, 0) is 46.5 Å². The molecule has 35 nitrogen and oxygen atoms in total. The molecule has 35 heteroatoms. The highest BCUT2D eigenvalue weighted by Crippen LogP contribution is 2.30. The lowest BCUT2D eigenvalue weighted by molar-refractivity contribution is -0.331. The van der Waals surface area contributed by atoms with Crippen molar-refractivity contribution >= 4 is 70.9 Å². The number of aliphatic hydroxyl groups excluding tert-OH is 5. The number of hydrogen-bond acceptors (Lipinski definition) is 23. The SMILES string of the molecule is CC(=O)NC1C(OC2C(CO)OC(O)C(N)C2OC(C)C(=O)NC(C)C(=O)NC(CCC(=O)NC(CCCCNC(=O)CNC(=O)CNC(=O)CNC(=O)CNC(=O)CN)C(=O)NC(C)C(=O)O)C(N)=O)OC(CO)C(O)C1O. The summed E-state index contributed by atoms with van der Waals surface area (Å²) in [6, 6.07) is -8.63. The molecule has 0 aromatic carbocycles. The summed E-state index contributed by atoms with van der Waals surface area (Å²) >= 11 is 0. The Balaban J connectivity index is 1.96. The Morgan fingerprint density at radius 2 is 1.15 bits per heavy atom. The monoisotopic (exact) mass is 1140 g/mol. The van der Waals surface area contributed by atoms with Gasteiger partial charge >= 0.3 is 5.97 Å². The standard InChI is InChI=1S/C44H75N13O22/c1-18(53-40(71)20(3)76-37-32(46)43(75)77-25(17-59)36(37)79-44-33(55-21(4)60)35(68)34(67)24(16-58)78-44)39(70)57-22(38(47)69)8-9-26(61)56-23(41(72)54-19(2)42(73)74)7-5-6-10-48-28(63)12-50-30(65)14-52-31(66)15-51-29(64)13-49-27(62)11-45/h18-20,22-25,32-37,43-44,58-59,67-68,75H,5-17,45-46H2,1-4H3,(H2,47,69)(H,48,63)(H,49,62)(H,50,65)(H,51,64)(H,52,66)(H,53,71)(H,54,72)(H,55,60)(H,56,61)(H,57,70)(H,73,74). The molecular formula is C44H75N13O22. The number of amides is 11. The van der Waals surface area contributed by atoms with E-state index < -0.39 is 215 Å². The van der Waals surface area contributed by atoms with Crippen molar-refractivity contribution < 1.29 is 107 Å². The van der Waals surface area contributed by atoms with Crippen LogP contribution in [0.3, 0.4) is 0 Å². The molecule has 2 fully saturated rings. The molecule has 15 unspecified atom stereocenters. The summed E-state index contributed by atoms with van der Waals surface area (Å²) in [6.45, 7) is 0.783. The maximum atomic E-state index is 13.4. The summed E-state index contributed by atoms with van der Waals surface area (Å²) in [5.74, 6) is -10.2. The third-order valence-corrected chi connectivity index (χ3v) is 11.8. The van der Waals surface area contributed by atoms with Crippen LogP contribution in [0.1, 0.15) is 59.8 Å². The van der Waals surface area contributed by atoms with Crippen molar-refractivity contribution in [2.45, 2.75) is 151 Å². The highest BCUT2D eigenvalue weighted by Gasteiger charge is 2.52. The number of nitrogens with two attached hydrogens (primary N) is 3. The van der Waals surface area contributed by atoms with E-state index in [-0.39, 0.29) is 32.4 Å². The van der Waals surface area contributed by atoms with Gasteiger partial charge in [0.05, 0.1) is 52.0 Å². The zero-order valence-corrected chi connectivity index (χ0v) is 43.8. The third kappa shape index (κ3) is 23.6. The van der Waals surface area contributed by atoms with Crippen LogP contribution in [-0.4, -0.2) is 246 Å². The first kappa shape index (κ1) is 68.3. The zero-order chi connectivity index (χ0) is 59.7. The zero-order valence-electron chi connectivity index (χ0n) is 43.8. The lowest BCUT2D eigenvalue weighted by atomic mass is 9.94. The van der Waals surface area contributed by atoms with E-state index in [0.717, 1.165) is 6.92 Å². The molecule has 2 aliphatic heterocycles. The van der Waals surface area contributed by atoms with Gasteiger partial charge in [0.1, 0.15) is 72.9 Å². The molecule has 79 heavy (non-hydrogen) atoms. The van der Waals surface area contributed by atoms with Crippen molar-refractivity contribution in [3.8, 4) is 0 Å². The summed E-state index contributed by atoms with van der Waals surface area (Å²) < 4.78 is 22.9. The van der Waals surface area contributed by atoms with Crippen LogP contribution in [0.25, 0.3) is 0 Å². The summed E-state index contributed by atoms with van der Waals surface area (Å²) in [5, 5.41) is 84.1. The lowest BCUT2D eigenvalue weighted by Crippen LogP contribution is -2.69. The Hall–Kier alpha value is -6.80. The fraction of sp³-hybridized carbons (Fsp3) is 0.727. The number of ether oxygens (including phenoxy) is 4. The van der Waals surface area contributed by atoms with Gasteiger partial charge in [0, 0.05) is 19.9 Å². The Bertz CT molecular complexity index is 2130. The predicted molar refractivity (Wildman–Crippen MR) is 264 cm³/mol. The van der Waals surface area contributed by atoms with E-state index in [4.69, 9.17) is 36.1 Å². The van der Waals surface area contributed by atoms with Crippen molar-refractivity contribution in [1.82, 2.24) is 53.2 Å². The van der Waals surface area contributed by atoms with Gasteiger partial charge in [-0.25, -0.2) is 0 Å². The molecular weight excluding hydrogens is 1060 g/mol. The minimum atomic E-state index is -1.81. The molecule has 11 amide bonds. The number of hydrogen-bond donors (Lipinski definition) is 19. The molecule has 0 saturated carbocycles. The second kappa shape index (κ2) is 34.3. The Labute approximate surface area is 451 Å². The number of primary amides is 1. The average molecular weight is 1140 g/mol. The molecule has 2 rings (SSSR count). The summed E-state index contributed by atoms with van der Waals surface area (Å²) in [4.78, 5) is 148. The minimum absolute atomic E-state index is 0.0232. The maximum absolute atomic E-state index is 13.4. The first-order valence-corrected chi connectivity index (χ1v) is 24.8. The summed E-state index contributed by atoms with van der Waals surface area (Å²) in [5.41, 5.74) is 16.8. The number of unbranched alkanes of at least 4 members (excludes halogenated alkanes) is 1. The van der Waals surface area contributed by atoms with Gasteiger partial charge in [0.15, 0.2) is 12.6 Å². The van der Waals surface area contributed by atoms with Crippen LogP contribution in [0.2, 0.25) is 0 Å². The van der Waals surface area contributed by atoms with Gasteiger partial charge in [-0.2, -0.15) is 0 Å². The molecule has 15 atom stereocenters. The Morgan fingerprint density at radius 3 is 1.67 bits per heavy atom. The van der Waals surface area contributed by atoms with Crippen molar-refractivity contribution in [3.05, 3.63) is 0 Å². The average Bonchev–Trinajstić information content (AvgIpc) is 3.44. The quantitative estimate of drug-likeness (QED) is 0.0271. The van der Waals surface area contributed by atoms with Crippen LogP contribution in [0.5, 0.6) is 0 Å². The predicted octanol–water partition coefficient (Wildman–Crippen LogP) is -11.8. The number of carbonyl (C=O) groups excluding carboxylic acids is 11. The maximum Gasteiger partial charge on any atom is 0.325 e. The number of rotatable bonds is 33. The molecule has 2 heterocycles. The van der Waals surface area contributed by atoms with Crippen molar-refractivity contribution in [2.75, 3.05) is 52.5 Å². The van der Waals surface area contributed by atoms with Crippen molar-refractivity contribution in [2.24, 2.45) is 17.2 Å². The second-order valence-corrected chi connectivity index (χ2v) is 18.2. The molecule has 0 aromatic heterocycles. The first-order valence-electron chi connectivity index (χ1n) is 24.8. The van der Waals surface area contributed by atoms with E-state index >= 15 is 0 Å². The van der Waals surface area contributed by atoms with E-state index in [1.165, 1.54) is 20.8 Å². The molecule has 0 radical (unpaired) electrons. The highest BCUT2D eigenvalue weighted by molar-refractivity contribution is 5.94. The first-order chi connectivity index (χ1) is 37.1. The number of aliphatic carboxylic acids is 1. The highest BCUT2D eigenvalue weighted by atomic mass is 16.7. The largest absolute Gasteiger partial charge is 0.480 e. The normalized spacial score (nSPS) is 24.5. The van der Waals surface area contributed by atoms with E-state index in [2.05, 4.69) is 53.2 Å². The fourth-order valence-electron chi connectivity index (χ4n) is 7.36. The molecule has 0 spiro atoms. The minimum Gasteiger partial charge on any atom is -0.480 e. The van der Waals surface area contributed by atoms with Crippen molar-refractivity contribution in [1.29, 1.82) is 0 Å². The van der Waals surface area contributed by atoms with Crippen LogP contribution >= 0.6 is 0 Å². The molecule has 448 valence electrons. The van der Waals surface area contributed by atoms with Gasteiger partial charge in [0.25, 0.3) is 0 Å². The topological polar surface area (TPSA) is 561 Å². The molecule has 0 aromatic rings. The van der Waals surface area contributed by atoms with Crippen LogP contribution in [0, 0.1) is 0 Å². The van der Waals surface area contributed by atoms with E-state index in [1.54, 1.807) is 0 Å². The van der Waals surface area contributed by atoms with Gasteiger partial charge in [0.2, 0.25) is 65.0 Å². The van der Waals surface area contributed by atoms with Gasteiger partial charge in [-0.3, -0.25) is 57.5 Å². The number of carboxylic acids is 1. The third-order valence-electron chi connectivity index (χ3n) is 11.8. The molecule has 0 aliphatic carbocycles.